The van der Waals surface area contributed by atoms with Gasteiger partial charge < -0.3 is 15.5 Å². The van der Waals surface area contributed by atoms with E-state index in [-0.39, 0.29) is 0 Å². The Kier molecular flexibility index (Phi) is 5.54. The van der Waals surface area contributed by atoms with Gasteiger partial charge in [0.05, 0.1) is 0 Å². The highest BCUT2D eigenvalue weighted by atomic mass is 19.4. The second-order valence-corrected chi connectivity index (χ2v) is 4.13. The summed E-state index contributed by atoms with van der Waals surface area (Å²) >= 11 is 0. The quantitative estimate of drug-likeness (QED) is 0.794. The number of alkyl halides is 3. The lowest BCUT2D eigenvalue weighted by Crippen LogP contribution is -2.44. The molecule has 0 saturated carbocycles. The highest BCUT2D eigenvalue weighted by molar-refractivity contribution is 5.73. The third kappa shape index (κ3) is 7.04. The molecule has 17 heavy (non-hydrogen) atoms. The molecule has 0 aromatic heterocycles. The van der Waals surface area contributed by atoms with Crippen LogP contribution >= 0.6 is 0 Å². The van der Waals surface area contributed by atoms with Crippen molar-refractivity contribution < 1.29 is 18.0 Å². The summed E-state index contributed by atoms with van der Waals surface area (Å²) in [6.07, 6.45) is -0.819. The SMILES string of the molecule is O=C(NCCN1CCCCC1)NCC(F)(F)F. The summed E-state index contributed by atoms with van der Waals surface area (Å²) in [6.45, 7) is 1.80. The lowest BCUT2D eigenvalue weighted by molar-refractivity contribution is -0.122. The predicted octanol–water partition coefficient (Wildman–Crippen LogP) is 1.33. The molecule has 1 aliphatic heterocycles. The number of piperidine rings is 1. The number of carbonyl (C=O) groups excluding carboxylic acids is 1. The van der Waals surface area contributed by atoms with Crippen LogP contribution in [0.2, 0.25) is 0 Å². The molecule has 0 unspecified atom stereocenters. The maximum atomic E-state index is 11.8. The van der Waals surface area contributed by atoms with E-state index in [0.717, 1.165) is 25.9 Å². The van der Waals surface area contributed by atoms with Crippen molar-refractivity contribution in [3.8, 4) is 0 Å². The zero-order valence-electron chi connectivity index (χ0n) is 9.65. The molecule has 0 spiro atoms. The minimum Gasteiger partial charge on any atom is -0.337 e. The molecule has 0 aliphatic carbocycles. The molecule has 2 N–H and O–H groups in total. The Balaban J connectivity index is 2.03. The summed E-state index contributed by atoms with van der Waals surface area (Å²) in [5.41, 5.74) is 0. The number of hydrogen-bond donors (Lipinski definition) is 2. The fourth-order valence-electron chi connectivity index (χ4n) is 1.75. The fourth-order valence-corrected chi connectivity index (χ4v) is 1.75. The maximum absolute atomic E-state index is 11.8. The lowest BCUT2D eigenvalue weighted by atomic mass is 10.1. The van der Waals surface area contributed by atoms with Gasteiger partial charge in [0.25, 0.3) is 0 Å². The second-order valence-electron chi connectivity index (χ2n) is 4.13. The summed E-state index contributed by atoms with van der Waals surface area (Å²) in [7, 11) is 0. The Labute approximate surface area is 98.5 Å². The number of hydrogen-bond acceptors (Lipinski definition) is 2. The molecule has 0 bridgehead atoms. The molecular weight excluding hydrogens is 235 g/mol. The van der Waals surface area contributed by atoms with Gasteiger partial charge in [-0.1, -0.05) is 6.42 Å². The van der Waals surface area contributed by atoms with Crippen molar-refractivity contribution in [3.63, 3.8) is 0 Å². The van der Waals surface area contributed by atoms with Crippen LogP contribution in [0.5, 0.6) is 0 Å². The van der Waals surface area contributed by atoms with Gasteiger partial charge in [-0.25, -0.2) is 4.79 Å². The molecule has 4 nitrogen and oxygen atoms in total. The van der Waals surface area contributed by atoms with Gasteiger partial charge in [0.2, 0.25) is 0 Å². The van der Waals surface area contributed by atoms with Crippen LogP contribution in [0.3, 0.4) is 0 Å². The van der Waals surface area contributed by atoms with Crippen LogP contribution in [0.1, 0.15) is 19.3 Å². The molecule has 0 radical (unpaired) electrons. The van der Waals surface area contributed by atoms with Gasteiger partial charge in [-0.15, -0.1) is 0 Å². The van der Waals surface area contributed by atoms with E-state index in [4.69, 9.17) is 0 Å². The van der Waals surface area contributed by atoms with E-state index >= 15 is 0 Å². The Bertz CT molecular complexity index is 239. The molecule has 0 atom stereocenters. The van der Waals surface area contributed by atoms with Crippen LogP contribution in [0.15, 0.2) is 0 Å². The van der Waals surface area contributed by atoms with Crippen LogP contribution in [0, 0.1) is 0 Å². The summed E-state index contributed by atoms with van der Waals surface area (Å²) in [4.78, 5) is 13.2. The molecule has 1 fully saturated rings. The Morgan fingerprint density at radius 1 is 1.12 bits per heavy atom. The monoisotopic (exact) mass is 253 g/mol. The van der Waals surface area contributed by atoms with Gasteiger partial charge in [0, 0.05) is 13.1 Å². The van der Waals surface area contributed by atoms with Gasteiger partial charge >= 0.3 is 12.2 Å². The van der Waals surface area contributed by atoms with Gasteiger partial charge in [-0.05, 0) is 25.9 Å². The first-order valence-corrected chi connectivity index (χ1v) is 5.78. The summed E-state index contributed by atoms with van der Waals surface area (Å²) in [5.74, 6) is 0. The van der Waals surface area contributed by atoms with Gasteiger partial charge in [-0.2, -0.15) is 13.2 Å². The van der Waals surface area contributed by atoms with Crippen LogP contribution in [0.4, 0.5) is 18.0 Å². The largest absolute Gasteiger partial charge is 0.405 e. The standard InChI is InChI=1S/C10H18F3N3O/c11-10(12,13)8-15-9(17)14-4-7-16-5-2-1-3-6-16/h1-8H2,(H2,14,15,17). The van der Waals surface area contributed by atoms with E-state index in [2.05, 4.69) is 10.2 Å². The zero-order valence-corrected chi connectivity index (χ0v) is 9.65. The highest BCUT2D eigenvalue weighted by Crippen LogP contribution is 2.11. The molecule has 0 aromatic carbocycles. The van der Waals surface area contributed by atoms with Gasteiger partial charge in [0.15, 0.2) is 0 Å². The predicted molar refractivity (Wildman–Crippen MR) is 57.7 cm³/mol. The summed E-state index contributed by atoms with van der Waals surface area (Å²) < 4.78 is 35.3. The maximum Gasteiger partial charge on any atom is 0.405 e. The first kappa shape index (κ1) is 14.1. The van der Waals surface area contributed by atoms with Gasteiger partial charge in [0.1, 0.15) is 6.54 Å². The van der Waals surface area contributed by atoms with Crippen molar-refractivity contribution >= 4 is 6.03 Å². The number of likely N-dealkylation sites (tertiary alicyclic amines) is 1. The Hall–Kier alpha value is -0.980. The number of urea groups is 1. The van der Waals surface area contributed by atoms with Crippen LogP contribution in [-0.4, -0.2) is 49.8 Å². The van der Waals surface area contributed by atoms with Crippen molar-refractivity contribution in [2.24, 2.45) is 0 Å². The molecular formula is C10H18F3N3O. The van der Waals surface area contributed by atoms with E-state index in [1.54, 1.807) is 5.32 Å². The van der Waals surface area contributed by atoms with E-state index in [0.29, 0.717) is 13.1 Å². The third-order valence-corrected chi connectivity index (χ3v) is 2.61. The Morgan fingerprint density at radius 3 is 2.35 bits per heavy atom. The second kappa shape index (κ2) is 6.68. The van der Waals surface area contributed by atoms with Crippen LogP contribution in [0.25, 0.3) is 0 Å². The topological polar surface area (TPSA) is 44.4 Å². The molecule has 0 aromatic rings. The smallest absolute Gasteiger partial charge is 0.337 e. The van der Waals surface area contributed by atoms with E-state index in [1.807, 2.05) is 0 Å². The third-order valence-electron chi connectivity index (χ3n) is 2.61. The minimum atomic E-state index is -4.36. The first-order chi connectivity index (χ1) is 7.97. The van der Waals surface area contributed by atoms with Crippen molar-refractivity contribution in [1.29, 1.82) is 0 Å². The van der Waals surface area contributed by atoms with Crippen molar-refractivity contribution in [2.75, 3.05) is 32.7 Å². The lowest BCUT2D eigenvalue weighted by Gasteiger charge is -2.26. The molecule has 100 valence electrons. The first-order valence-electron chi connectivity index (χ1n) is 5.78. The van der Waals surface area contributed by atoms with Crippen molar-refractivity contribution in [2.45, 2.75) is 25.4 Å². The number of amides is 2. The number of nitrogens with one attached hydrogen (secondary N) is 2. The highest BCUT2D eigenvalue weighted by Gasteiger charge is 2.27. The number of nitrogens with zero attached hydrogens (tertiary/aromatic N) is 1. The number of halogens is 3. The molecule has 1 rings (SSSR count). The summed E-state index contributed by atoms with van der Waals surface area (Å²) in [5, 5.41) is 4.18. The summed E-state index contributed by atoms with van der Waals surface area (Å²) in [6, 6.07) is -0.765. The number of rotatable bonds is 4. The average Bonchev–Trinajstić information content (AvgIpc) is 2.27. The van der Waals surface area contributed by atoms with Crippen molar-refractivity contribution in [3.05, 3.63) is 0 Å². The molecule has 2 amide bonds. The van der Waals surface area contributed by atoms with E-state index < -0.39 is 18.8 Å². The average molecular weight is 253 g/mol. The Morgan fingerprint density at radius 2 is 1.76 bits per heavy atom. The van der Waals surface area contributed by atoms with E-state index in [9.17, 15) is 18.0 Å². The van der Waals surface area contributed by atoms with Crippen LogP contribution < -0.4 is 10.6 Å². The fraction of sp³-hybridized carbons (Fsp3) is 0.900. The van der Waals surface area contributed by atoms with Gasteiger partial charge in [-0.3, -0.25) is 0 Å². The van der Waals surface area contributed by atoms with E-state index in [1.165, 1.54) is 6.42 Å². The minimum absolute atomic E-state index is 0.379. The zero-order chi connectivity index (χ0) is 12.7. The molecule has 1 heterocycles. The van der Waals surface area contributed by atoms with Crippen LogP contribution in [-0.2, 0) is 0 Å². The normalized spacial score (nSPS) is 17.8. The molecule has 1 saturated heterocycles. The molecule has 7 heteroatoms. The van der Waals surface area contributed by atoms with Crippen molar-refractivity contribution in [1.82, 2.24) is 15.5 Å². The number of carbonyl (C=O) groups is 1. The molecule has 1 aliphatic rings.